The Bertz CT molecular complexity index is 890. The van der Waals surface area contributed by atoms with Crippen molar-refractivity contribution in [1.29, 1.82) is 0 Å². The van der Waals surface area contributed by atoms with Crippen molar-refractivity contribution in [2.24, 2.45) is 0 Å². The fourth-order valence-electron chi connectivity index (χ4n) is 4.22. The lowest BCUT2D eigenvalue weighted by Gasteiger charge is -2.31. The molecule has 1 fully saturated rings. The average molecular weight is 423 g/mol. The molecule has 1 atom stereocenters. The molecule has 31 heavy (non-hydrogen) atoms. The van der Waals surface area contributed by atoms with Crippen LogP contribution in [0.3, 0.4) is 0 Å². The minimum absolute atomic E-state index is 0.0558. The molecule has 0 saturated heterocycles. The van der Waals surface area contributed by atoms with E-state index >= 15 is 0 Å². The van der Waals surface area contributed by atoms with Crippen molar-refractivity contribution in [1.82, 2.24) is 10.2 Å². The van der Waals surface area contributed by atoms with Crippen LogP contribution in [-0.2, 0) is 22.6 Å². The number of carbonyl (C=O) groups is 2. The molecule has 0 heterocycles. The van der Waals surface area contributed by atoms with Crippen molar-refractivity contribution in [2.45, 2.75) is 71.0 Å². The second-order valence-electron chi connectivity index (χ2n) is 8.56. The van der Waals surface area contributed by atoms with Gasteiger partial charge >= 0.3 is 0 Å². The molecule has 0 spiro atoms. The summed E-state index contributed by atoms with van der Waals surface area (Å²) in [7, 11) is 1.63. The van der Waals surface area contributed by atoms with Crippen LogP contribution in [0.4, 0.5) is 0 Å². The molecule has 1 N–H and O–H groups in total. The molecule has 1 aliphatic carbocycles. The quantitative estimate of drug-likeness (QED) is 0.685. The number of hydrogen-bond acceptors (Lipinski definition) is 3. The van der Waals surface area contributed by atoms with Gasteiger partial charge in [-0.3, -0.25) is 9.59 Å². The molecule has 0 aromatic heterocycles. The van der Waals surface area contributed by atoms with Gasteiger partial charge in [0, 0.05) is 12.6 Å². The standard InChI is InChI=1S/C26H34N2O3/c1-19-9-7-10-21(15-19)17-25(29)28(18-22-11-8-14-24(16-22)31-3)20(2)26(30)27-23-12-5-4-6-13-23/h7-11,14-16,20,23H,4-6,12-13,17-18H2,1-3H3,(H,27,30)/t20-/m1/s1. The SMILES string of the molecule is COc1cccc(CN(C(=O)Cc2cccc(C)c2)[C@H](C)C(=O)NC2CCCCC2)c1. The van der Waals surface area contributed by atoms with Gasteiger partial charge in [-0.15, -0.1) is 0 Å². The first kappa shape index (κ1) is 22.9. The van der Waals surface area contributed by atoms with E-state index < -0.39 is 6.04 Å². The minimum atomic E-state index is -0.551. The number of nitrogens with zero attached hydrogens (tertiary/aromatic N) is 1. The Morgan fingerprint density at radius 2 is 1.77 bits per heavy atom. The molecule has 0 bridgehead atoms. The molecule has 5 nitrogen and oxygen atoms in total. The van der Waals surface area contributed by atoms with Gasteiger partial charge in [-0.1, -0.05) is 61.2 Å². The first-order valence-corrected chi connectivity index (χ1v) is 11.2. The van der Waals surface area contributed by atoms with Crippen LogP contribution in [0, 0.1) is 6.92 Å². The van der Waals surface area contributed by atoms with E-state index in [-0.39, 0.29) is 24.3 Å². The zero-order valence-electron chi connectivity index (χ0n) is 18.9. The Morgan fingerprint density at radius 1 is 1.06 bits per heavy atom. The third-order valence-corrected chi connectivity index (χ3v) is 6.04. The highest BCUT2D eigenvalue weighted by molar-refractivity contribution is 5.88. The maximum Gasteiger partial charge on any atom is 0.242 e. The smallest absolute Gasteiger partial charge is 0.242 e. The largest absolute Gasteiger partial charge is 0.497 e. The zero-order valence-corrected chi connectivity index (χ0v) is 18.9. The first-order chi connectivity index (χ1) is 15.0. The predicted octanol–water partition coefficient (Wildman–Crippen LogP) is 4.41. The highest BCUT2D eigenvalue weighted by Crippen LogP contribution is 2.20. The van der Waals surface area contributed by atoms with E-state index in [1.54, 1.807) is 12.0 Å². The van der Waals surface area contributed by atoms with Crippen LogP contribution >= 0.6 is 0 Å². The monoisotopic (exact) mass is 422 g/mol. The topological polar surface area (TPSA) is 58.6 Å². The summed E-state index contributed by atoms with van der Waals surface area (Å²) < 4.78 is 5.33. The van der Waals surface area contributed by atoms with Gasteiger partial charge in [0.25, 0.3) is 0 Å². The minimum Gasteiger partial charge on any atom is -0.497 e. The number of rotatable bonds is 8. The molecule has 2 aromatic carbocycles. The van der Waals surface area contributed by atoms with Gasteiger partial charge in [0.05, 0.1) is 13.5 Å². The molecular weight excluding hydrogens is 388 g/mol. The van der Waals surface area contributed by atoms with E-state index in [1.165, 1.54) is 6.42 Å². The number of hydrogen-bond donors (Lipinski definition) is 1. The third kappa shape index (κ3) is 6.58. The van der Waals surface area contributed by atoms with Crippen LogP contribution in [0.2, 0.25) is 0 Å². The van der Waals surface area contributed by atoms with Crippen LogP contribution in [0.1, 0.15) is 55.7 Å². The van der Waals surface area contributed by atoms with Crippen LogP contribution in [0.5, 0.6) is 5.75 Å². The molecule has 3 rings (SSSR count). The van der Waals surface area contributed by atoms with Crippen molar-refractivity contribution in [2.75, 3.05) is 7.11 Å². The van der Waals surface area contributed by atoms with Crippen LogP contribution in [0.15, 0.2) is 48.5 Å². The van der Waals surface area contributed by atoms with Gasteiger partial charge in [0.1, 0.15) is 11.8 Å². The zero-order chi connectivity index (χ0) is 22.2. The Kier molecular flexibility index (Phi) is 8.10. The molecule has 1 saturated carbocycles. The van der Waals surface area contributed by atoms with Crippen LogP contribution in [0.25, 0.3) is 0 Å². The van der Waals surface area contributed by atoms with Gasteiger partial charge < -0.3 is 15.0 Å². The molecule has 166 valence electrons. The maximum absolute atomic E-state index is 13.3. The number of aryl methyl sites for hydroxylation is 1. The average Bonchev–Trinajstić information content (AvgIpc) is 2.77. The number of carbonyl (C=O) groups excluding carboxylic acids is 2. The van der Waals surface area contributed by atoms with E-state index in [2.05, 4.69) is 5.32 Å². The summed E-state index contributed by atoms with van der Waals surface area (Å²) in [5.41, 5.74) is 3.02. The van der Waals surface area contributed by atoms with Crippen molar-refractivity contribution in [3.05, 3.63) is 65.2 Å². The third-order valence-electron chi connectivity index (χ3n) is 6.04. The van der Waals surface area contributed by atoms with Crippen LogP contribution in [-0.4, -0.2) is 35.9 Å². The van der Waals surface area contributed by atoms with Gasteiger partial charge in [-0.2, -0.15) is 0 Å². The van der Waals surface area contributed by atoms with E-state index in [4.69, 9.17) is 4.74 Å². The normalized spacial score (nSPS) is 15.2. The van der Waals surface area contributed by atoms with E-state index in [1.807, 2.05) is 62.4 Å². The molecule has 5 heteroatoms. The number of amides is 2. The number of benzene rings is 2. The van der Waals surface area contributed by atoms with E-state index in [0.29, 0.717) is 6.54 Å². The highest BCUT2D eigenvalue weighted by Gasteiger charge is 2.28. The van der Waals surface area contributed by atoms with Crippen molar-refractivity contribution >= 4 is 11.8 Å². The van der Waals surface area contributed by atoms with Crippen molar-refractivity contribution in [3.63, 3.8) is 0 Å². The summed E-state index contributed by atoms with van der Waals surface area (Å²) in [4.78, 5) is 28.1. The molecule has 2 aromatic rings. The van der Waals surface area contributed by atoms with E-state index in [9.17, 15) is 9.59 Å². The molecule has 0 radical (unpaired) electrons. The van der Waals surface area contributed by atoms with Gasteiger partial charge in [0.15, 0.2) is 0 Å². The summed E-state index contributed by atoms with van der Waals surface area (Å²) in [6, 6.07) is 15.3. The highest BCUT2D eigenvalue weighted by atomic mass is 16.5. The summed E-state index contributed by atoms with van der Waals surface area (Å²) in [5, 5.41) is 3.18. The number of ether oxygens (including phenoxy) is 1. The molecule has 0 unspecified atom stereocenters. The Labute approximate surface area is 185 Å². The molecular formula is C26H34N2O3. The van der Waals surface area contributed by atoms with Crippen LogP contribution < -0.4 is 10.1 Å². The molecule has 1 aliphatic rings. The van der Waals surface area contributed by atoms with Gasteiger partial charge in [-0.05, 0) is 49.9 Å². The number of methoxy groups -OCH3 is 1. The Hall–Kier alpha value is -2.82. The lowest BCUT2D eigenvalue weighted by Crippen LogP contribution is -2.50. The summed E-state index contributed by atoms with van der Waals surface area (Å²) >= 11 is 0. The van der Waals surface area contributed by atoms with Gasteiger partial charge in [0.2, 0.25) is 11.8 Å². The fraction of sp³-hybridized carbons (Fsp3) is 0.462. The van der Waals surface area contributed by atoms with Gasteiger partial charge in [-0.25, -0.2) is 0 Å². The van der Waals surface area contributed by atoms with E-state index in [0.717, 1.165) is 48.1 Å². The Balaban J connectivity index is 1.77. The maximum atomic E-state index is 13.3. The second kappa shape index (κ2) is 11.0. The lowest BCUT2D eigenvalue weighted by molar-refractivity contribution is -0.140. The Morgan fingerprint density at radius 3 is 2.48 bits per heavy atom. The first-order valence-electron chi connectivity index (χ1n) is 11.2. The summed E-state index contributed by atoms with van der Waals surface area (Å²) in [5.74, 6) is 0.606. The lowest BCUT2D eigenvalue weighted by atomic mass is 9.95. The second-order valence-corrected chi connectivity index (χ2v) is 8.56. The molecule has 2 amide bonds. The fourth-order valence-corrected chi connectivity index (χ4v) is 4.22. The molecule has 0 aliphatic heterocycles. The number of nitrogens with one attached hydrogen (secondary N) is 1. The summed E-state index contributed by atoms with van der Waals surface area (Å²) in [6.07, 6.45) is 5.85. The van der Waals surface area contributed by atoms with Crippen molar-refractivity contribution < 1.29 is 14.3 Å². The predicted molar refractivity (Wildman–Crippen MR) is 123 cm³/mol. The van der Waals surface area contributed by atoms with Crippen molar-refractivity contribution in [3.8, 4) is 5.75 Å². The summed E-state index contributed by atoms with van der Waals surface area (Å²) in [6.45, 7) is 4.20.